The molecule has 1 aromatic rings. The standard InChI is InChI=1S/C23H36N4O3/c1-5-26(17(3)23(30)27(6-2)21-10-8-7-9-11-21)16-22(29)25-20-14-12-19(13-15-20)24-18(4)28/h12-15,17,21H,5-11,16H2,1-4H3,(H,24,28)(H,25,29)/p+1/t17-/m1/s1. The van der Waals surface area contributed by atoms with Crippen LogP contribution in [-0.4, -0.2) is 54.3 Å². The van der Waals surface area contributed by atoms with Crippen LogP contribution in [0.5, 0.6) is 0 Å². The summed E-state index contributed by atoms with van der Waals surface area (Å²) in [5.74, 6) is -0.116. The van der Waals surface area contributed by atoms with E-state index in [1.165, 1.54) is 26.2 Å². The molecule has 1 fully saturated rings. The van der Waals surface area contributed by atoms with Crippen molar-refractivity contribution in [1.29, 1.82) is 0 Å². The lowest BCUT2D eigenvalue weighted by molar-refractivity contribution is -0.904. The first-order valence-corrected chi connectivity index (χ1v) is 11.2. The number of carbonyl (C=O) groups is 3. The largest absolute Gasteiger partial charge is 0.335 e. The third-order valence-corrected chi connectivity index (χ3v) is 5.95. The summed E-state index contributed by atoms with van der Waals surface area (Å²) in [6, 6.07) is 7.09. The van der Waals surface area contributed by atoms with Gasteiger partial charge in [-0.15, -0.1) is 0 Å². The van der Waals surface area contributed by atoms with E-state index in [0.29, 0.717) is 24.0 Å². The molecule has 0 bridgehead atoms. The average molecular weight is 418 g/mol. The first-order chi connectivity index (χ1) is 14.3. The maximum atomic E-state index is 13.2. The zero-order valence-corrected chi connectivity index (χ0v) is 18.8. The minimum atomic E-state index is -0.259. The van der Waals surface area contributed by atoms with Gasteiger partial charge in [0.15, 0.2) is 12.6 Å². The Balaban J connectivity index is 1.94. The summed E-state index contributed by atoms with van der Waals surface area (Å²) in [6.45, 7) is 9.09. The Bertz CT molecular complexity index is 714. The Morgan fingerprint density at radius 1 is 1.03 bits per heavy atom. The van der Waals surface area contributed by atoms with Gasteiger partial charge in [0.05, 0.1) is 6.54 Å². The minimum absolute atomic E-state index is 0.125. The van der Waals surface area contributed by atoms with Crippen LogP contribution in [0.1, 0.15) is 59.8 Å². The first kappa shape index (κ1) is 23.9. The van der Waals surface area contributed by atoms with Gasteiger partial charge in [-0.05, 0) is 57.9 Å². The Labute approximate surface area is 180 Å². The van der Waals surface area contributed by atoms with Crippen LogP contribution in [0.2, 0.25) is 0 Å². The molecule has 2 atom stereocenters. The quantitative estimate of drug-likeness (QED) is 0.575. The molecule has 166 valence electrons. The molecule has 1 aliphatic rings. The number of amides is 3. The molecule has 7 nitrogen and oxygen atoms in total. The molecule has 30 heavy (non-hydrogen) atoms. The molecule has 7 heteroatoms. The van der Waals surface area contributed by atoms with Gasteiger partial charge in [0.25, 0.3) is 11.8 Å². The Kier molecular flexibility index (Phi) is 9.30. The predicted molar refractivity (Wildman–Crippen MR) is 119 cm³/mol. The highest BCUT2D eigenvalue weighted by Gasteiger charge is 2.33. The number of hydrogen-bond acceptors (Lipinski definition) is 3. The number of nitrogens with zero attached hydrogens (tertiary/aromatic N) is 1. The van der Waals surface area contributed by atoms with Crippen molar-refractivity contribution in [3.63, 3.8) is 0 Å². The lowest BCUT2D eigenvalue weighted by Gasteiger charge is -2.36. The molecular formula is C23H37N4O3+. The third-order valence-electron chi connectivity index (χ3n) is 5.95. The van der Waals surface area contributed by atoms with Crippen LogP contribution in [-0.2, 0) is 14.4 Å². The second kappa shape index (κ2) is 11.7. The van der Waals surface area contributed by atoms with Gasteiger partial charge in [0.1, 0.15) is 0 Å². The van der Waals surface area contributed by atoms with E-state index in [-0.39, 0.29) is 30.3 Å². The van der Waals surface area contributed by atoms with Gasteiger partial charge in [-0.25, -0.2) is 0 Å². The van der Waals surface area contributed by atoms with Crippen molar-refractivity contribution < 1.29 is 19.3 Å². The fourth-order valence-electron chi connectivity index (χ4n) is 4.25. The summed E-state index contributed by atoms with van der Waals surface area (Å²) in [6.07, 6.45) is 5.81. The number of carbonyl (C=O) groups excluding carboxylic acids is 3. The van der Waals surface area contributed by atoms with Crippen LogP contribution in [0.3, 0.4) is 0 Å². The van der Waals surface area contributed by atoms with Crippen molar-refractivity contribution in [3.8, 4) is 0 Å². The lowest BCUT2D eigenvalue weighted by Crippen LogP contribution is -3.17. The maximum Gasteiger partial charge on any atom is 0.280 e. The summed E-state index contributed by atoms with van der Waals surface area (Å²) in [4.78, 5) is 39.9. The van der Waals surface area contributed by atoms with Crippen molar-refractivity contribution in [2.24, 2.45) is 0 Å². The van der Waals surface area contributed by atoms with Crippen LogP contribution in [0.4, 0.5) is 11.4 Å². The highest BCUT2D eigenvalue weighted by Crippen LogP contribution is 2.22. The van der Waals surface area contributed by atoms with Gasteiger partial charge in [0, 0.05) is 30.9 Å². The average Bonchev–Trinajstić information content (AvgIpc) is 2.73. The molecule has 0 radical (unpaired) electrons. The van der Waals surface area contributed by atoms with Gasteiger partial charge in [-0.1, -0.05) is 19.3 Å². The molecule has 1 aliphatic carbocycles. The smallest absolute Gasteiger partial charge is 0.280 e. The number of likely N-dealkylation sites (N-methyl/N-ethyl adjacent to an activating group) is 2. The molecule has 3 N–H and O–H groups in total. The van der Waals surface area contributed by atoms with Gasteiger partial charge in [-0.3, -0.25) is 14.4 Å². The highest BCUT2D eigenvalue weighted by atomic mass is 16.2. The van der Waals surface area contributed by atoms with Crippen LogP contribution in [0.15, 0.2) is 24.3 Å². The van der Waals surface area contributed by atoms with Crippen molar-refractivity contribution >= 4 is 29.1 Å². The zero-order chi connectivity index (χ0) is 22.1. The second-order valence-electron chi connectivity index (χ2n) is 8.13. The zero-order valence-electron chi connectivity index (χ0n) is 18.8. The van der Waals surface area contributed by atoms with Crippen molar-refractivity contribution in [3.05, 3.63) is 24.3 Å². The van der Waals surface area contributed by atoms with E-state index in [4.69, 9.17) is 0 Å². The minimum Gasteiger partial charge on any atom is -0.335 e. The molecule has 3 amide bonds. The van der Waals surface area contributed by atoms with E-state index in [1.54, 1.807) is 24.3 Å². The highest BCUT2D eigenvalue weighted by molar-refractivity contribution is 5.93. The van der Waals surface area contributed by atoms with E-state index < -0.39 is 0 Å². The topological polar surface area (TPSA) is 83.0 Å². The fourth-order valence-corrected chi connectivity index (χ4v) is 4.25. The molecule has 2 rings (SSSR count). The van der Waals surface area contributed by atoms with Crippen LogP contribution < -0.4 is 15.5 Å². The third kappa shape index (κ3) is 6.83. The van der Waals surface area contributed by atoms with Crippen LogP contribution in [0.25, 0.3) is 0 Å². The summed E-state index contributed by atoms with van der Waals surface area (Å²) >= 11 is 0. The van der Waals surface area contributed by atoms with Crippen molar-refractivity contribution in [2.45, 2.75) is 71.9 Å². The molecule has 0 aromatic heterocycles. The van der Waals surface area contributed by atoms with Crippen molar-refractivity contribution in [1.82, 2.24) is 4.90 Å². The number of hydrogen-bond donors (Lipinski definition) is 3. The van der Waals surface area contributed by atoms with Gasteiger partial charge < -0.3 is 20.4 Å². The summed E-state index contributed by atoms with van der Waals surface area (Å²) in [5, 5.41) is 5.59. The Hall–Kier alpha value is -2.41. The van der Waals surface area contributed by atoms with Crippen molar-refractivity contribution in [2.75, 3.05) is 30.3 Å². The Morgan fingerprint density at radius 2 is 1.60 bits per heavy atom. The van der Waals surface area contributed by atoms with Gasteiger partial charge in [-0.2, -0.15) is 0 Å². The van der Waals surface area contributed by atoms with Crippen LogP contribution in [0, 0.1) is 0 Å². The van der Waals surface area contributed by atoms with Crippen LogP contribution >= 0.6 is 0 Å². The molecule has 0 saturated heterocycles. The fraction of sp³-hybridized carbons (Fsp3) is 0.609. The molecule has 1 saturated carbocycles. The summed E-state index contributed by atoms with van der Waals surface area (Å²) in [5.41, 5.74) is 1.35. The number of quaternary nitrogens is 1. The number of nitrogens with one attached hydrogen (secondary N) is 3. The van der Waals surface area contributed by atoms with E-state index in [0.717, 1.165) is 24.3 Å². The number of anilines is 2. The van der Waals surface area contributed by atoms with Gasteiger partial charge >= 0.3 is 0 Å². The number of rotatable bonds is 9. The van der Waals surface area contributed by atoms with E-state index in [9.17, 15) is 14.4 Å². The van der Waals surface area contributed by atoms with E-state index >= 15 is 0 Å². The summed E-state index contributed by atoms with van der Waals surface area (Å²) in [7, 11) is 0. The second-order valence-corrected chi connectivity index (χ2v) is 8.13. The monoisotopic (exact) mass is 417 g/mol. The van der Waals surface area contributed by atoms with E-state index in [1.807, 2.05) is 25.7 Å². The first-order valence-electron chi connectivity index (χ1n) is 11.2. The molecule has 0 heterocycles. The van der Waals surface area contributed by atoms with E-state index in [2.05, 4.69) is 10.6 Å². The lowest BCUT2D eigenvalue weighted by atomic mass is 9.93. The molecule has 0 aliphatic heterocycles. The Morgan fingerprint density at radius 3 is 2.10 bits per heavy atom. The molecule has 1 unspecified atom stereocenters. The molecule has 1 aromatic carbocycles. The molecular weight excluding hydrogens is 380 g/mol. The number of benzene rings is 1. The van der Waals surface area contributed by atoms with Gasteiger partial charge in [0.2, 0.25) is 5.91 Å². The predicted octanol–water partition coefficient (Wildman–Crippen LogP) is 2.06. The SMILES string of the molecule is CCN(C(=O)[C@@H](C)[NH+](CC)CC(=O)Nc1ccc(NC(C)=O)cc1)C1CCCCC1. The molecule has 0 spiro atoms. The normalized spacial score (nSPS) is 16.4. The summed E-state index contributed by atoms with van der Waals surface area (Å²) < 4.78 is 0. The maximum absolute atomic E-state index is 13.2.